The quantitative estimate of drug-likeness (QED) is 0.753. The van der Waals surface area contributed by atoms with Gasteiger partial charge in [-0.15, -0.1) is 0 Å². The third-order valence-corrected chi connectivity index (χ3v) is 4.15. The molecule has 3 N–H and O–H groups in total. The number of fused-ring (bicyclic) bond motifs is 1. The van der Waals surface area contributed by atoms with Crippen LogP contribution in [0.15, 0.2) is 30.5 Å². The number of nitrogen functional groups attached to an aromatic ring is 1. The van der Waals surface area contributed by atoms with E-state index in [1.807, 2.05) is 6.07 Å². The Kier molecular flexibility index (Phi) is 2.86. The normalized spacial score (nSPS) is 20.1. The van der Waals surface area contributed by atoms with Crippen molar-refractivity contribution in [3.63, 3.8) is 0 Å². The highest BCUT2D eigenvalue weighted by Crippen LogP contribution is 2.35. The van der Waals surface area contributed by atoms with E-state index in [2.05, 4.69) is 36.3 Å². The number of aromatic amines is 1. The number of rotatable bonds is 2. The molecule has 0 bridgehead atoms. The highest BCUT2D eigenvalue weighted by molar-refractivity contribution is 5.94. The summed E-state index contributed by atoms with van der Waals surface area (Å²) in [7, 11) is 0. The molecule has 2 heteroatoms. The van der Waals surface area contributed by atoms with Crippen molar-refractivity contribution >= 4 is 22.2 Å². The van der Waals surface area contributed by atoms with E-state index in [9.17, 15) is 0 Å². The van der Waals surface area contributed by atoms with Gasteiger partial charge < -0.3 is 10.7 Å². The maximum atomic E-state index is 5.89. The lowest BCUT2D eigenvalue weighted by atomic mass is 9.85. The maximum absolute atomic E-state index is 5.89. The van der Waals surface area contributed by atoms with Gasteiger partial charge in [-0.25, -0.2) is 0 Å². The second-order valence-corrected chi connectivity index (χ2v) is 5.29. The number of nitrogens with two attached hydrogens (primary N) is 1. The van der Waals surface area contributed by atoms with Gasteiger partial charge in [0.2, 0.25) is 0 Å². The third kappa shape index (κ3) is 1.92. The molecule has 1 atom stereocenters. The fourth-order valence-electron chi connectivity index (χ4n) is 2.91. The summed E-state index contributed by atoms with van der Waals surface area (Å²) in [6.07, 6.45) is 9.58. The molecule has 0 fully saturated rings. The van der Waals surface area contributed by atoms with Crippen LogP contribution in [0.3, 0.4) is 0 Å². The van der Waals surface area contributed by atoms with Crippen molar-refractivity contribution in [2.75, 3.05) is 5.73 Å². The fourth-order valence-corrected chi connectivity index (χ4v) is 2.91. The van der Waals surface area contributed by atoms with Crippen LogP contribution in [0.5, 0.6) is 0 Å². The average Bonchev–Trinajstić information content (AvgIpc) is 2.82. The predicted octanol–water partition coefficient (Wildman–Crippen LogP) is 4.34. The van der Waals surface area contributed by atoms with Gasteiger partial charge in [-0.1, -0.05) is 19.4 Å². The van der Waals surface area contributed by atoms with Crippen molar-refractivity contribution in [3.8, 4) is 0 Å². The van der Waals surface area contributed by atoms with E-state index in [-0.39, 0.29) is 0 Å². The molecule has 1 aliphatic rings. The van der Waals surface area contributed by atoms with Crippen LogP contribution in [-0.4, -0.2) is 4.98 Å². The first-order valence-corrected chi connectivity index (χ1v) is 6.84. The van der Waals surface area contributed by atoms with Gasteiger partial charge in [0, 0.05) is 28.4 Å². The Bertz CT molecular complexity index is 592. The molecule has 0 aliphatic heterocycles. The van der Waals surface area contributed by atoms with Crippen LogP contribution in [-0.2, 0) is 0 Å². The first-order valence-electron chi connectivity index (χ1n) is 6.84. The van der Waals surface area contributed by atoms with Crippen LogP contribution in [0.4, 0.5) is 5.69 Å². The van der Waals surface area contributed by atoms with Gasteiger partial charge in [0.25, 0.3) is 0 Å². The molecule has 18 heavy (non-hydrogen) atoms. The second kappa shape index (κ2) is 4.52. The van der Waals surface area contributed by atoms with Crippen molar-refractivity contribution in [3.05, 3.63) is 36.0 Å². The zero-order valence-corrected chi connectivity index (χ0v) is 10.9. The molecule has 0 radical (unpaired) electrons. The molecule has 3 rings (SSSR count). The number of hydrogen-bond acceptors (Lipinski definition) is 1. The Hall–Kier alpha value is -1.70. The second-order valence-electron chi connectivity index (χ2n) is 5.29. The van der Waals surface area contributed by atoms with Crippen molar-refractivity contribution in [2.24, 2.45) is 5.92 Å². The Morgan fingerprint density at radius 1 is 1.39 bits per heavy atom. The topological polar surface area (TPSA) is 41.8 Å². The summed E-state index contributed by atoms with van der Waals surface area (Å²) >= 11 is 0. The lowest BCUT2D eigenvalue weighted by Crippen LogP contribution is -2.03. The Labute approximate surface area is 108 Å². The van der Waals surface area contributed by atoms with E-state index in [0.29, 0.717) is 0 Å². The minimum Gasteiger partial charge on any atom is -0.399 e. The lowest BCUT2D eigenvalue weighted by Gasteiger charge is -2.20. The molecule has 1 heterocycles. The minimum atomic E-state index is 0.839. The van der Waals surface area contributed by atoms with Gasteiger partial charge in [0.1, 0.15) is 0 Å². The van der Waals surface area contributed by atoms with Gasteiger partial charge in [-0.05, 0) is 49.0 Å². The van der Waals surface area contributed by atoms with Crippen molar-refractivity contribution < 1.29 is 0 Å². The highest BCUT2D eigenvalue weighted by Gasteiger charge is 2.16. The van der Waals surface area contributed by atoms with E-state index in [1.54, 1.807) is 0 Å². The van der Waals surface area contributed by atoms with Gasteiger partial charge in [-0.2, -0.15) is 0 Å². The number of allylic oxidation sites excluding steroid dienone is 2. The molecule has 1 aliphatic carbocycles. The maximum Gasteiger partial charge on any atom is 0.0461 e. The van der Waals surface area contributed by atoms with Crippen LogP contribution in [0.2, 0.25) is 0 Å². The smallest absolute Gasteiger partial charge is 0.0461 e. The molecule has 0 saturated heterocycles. The standard InChI is InChI=1S/C16H20N2/c1-2-11-3-5-12(6-4-11)15-10-18-16-8-7-13(17)9-14(15)16/h5,7-11,18H,2-4,6,17H2,1H3. The molecule has 2 aromatic rings. The Morgan fingerprint density at radius 2 is 2.28 bits per heavy atom. The van der Waals surface area contributed by atoms with Gasteiger partial charge in [0.15, 0.2) is 0 Å². The molecular formula is C16H20N2. The number of benzene rings is 1. The first-order chi connectivity index (χ1) is 8.78. The summed E-state index contributed by atoms with van der Waals surface area (Å²) in [6.45, 7) is 2.29. The van der Waals surface area contributed by atoms with Crippen LogP contribution < -0.4 is 5.73 Å². The monoisotopic (exact) mass is 240 g/mol. The summed E-state index contributed by atoms with van der Waals surface area (Å²) in [5, 5.41) is 1.26. The van der Waals surface area contributed by atoms with E-state index in [1.165, 1.54) is 47.7 Å². The minimum absolute atomic E-state index is 0.839. The van der Waals surface area contributed by atoms with E-state index < -0.39 is 0 Å². The summed E-state index contributed by atoms with van der Waals surface area (Å²) in [4.78, 5) is 3.34. The SMILES string of the molecule is CCC1CC=C(c2c[nH]c3ccc(N)cc23)CC1. The number of H-pyrrole nitrogens is 1. The van der Waals surface area contributed by atoms with Crippen LogP contribution in [0, 0.1) is 5.92 Å². The molecule has 1 aromatic carbocycles. The molecular weight excluding hydrogens is 220 g/mol. The van der Waals surface area contributed by atoms with Crippen LogP contribution in [0.25, 0.3) is 16.5 Å². The molecule has 2 nitrogen and oxygen atoms in total. The predicted molar refractivity (Wildman–Crippen MR) is 78.3 cm³/mol. The van der Waals surface area contributed by atoms with Crippen molar-refractivity contribution in [2.45, 2.75) is 32.6 Å². The van der Waals surface area contributed by atoms with Gasteiger partial charge in [-0.3, -0.25) is 0 Å². The van der Waals surface area contributed by atoms with Gasteiger partial charge >= 0.3 is 0 Å². The number of aromatic nitrogens is 1. The number of anilines is 1. The molecule has 0 saturated carbocycles. The largest absolute Gasteiger partial charge is 0.399 e. The van der Waals surface area contributed by atoms with Crippen LogP contribution >= 0.6 is 0 Å². The summed E-state index contributed by atoms with van der Waals surface area (Å²) < 4.78 is 0. The van der Waals surface area contributed by atoms with E-state index in [0.717, 1.165) is 11.6 Å². The lowest BCUT2D eigenvalue weighted by molar-refractivity contribution is 0.471. The molecule has 1 unspecified atom stereocenters. The summed E-state index contributed by atoms with van der Waals surface area (Å²) in [5.74, 6) is 0.879. The van der Waals surface area contributed by atoms with E-state index >= 15 is 0 Å². The average molecular weight is 240 g/mol. The van der Waals surface area contributed by atoms with Crippen molar-refractivity contribution in [1.82, 2.24) is 4.98 Å². The Balaban J connectivity index is 2.00. The van der Waals surface area contributed by atoms with Crippen LogP contribution in [0.1, 0.15) is 38.2 Å². The first kappa shape index (κ1) is 11.4. The van der Waals surface area contributed by atoms with Gasteiger partial charge in [0.05, 0.1) is 0 Å². The Morgan fingerprint density at radius 3 is 3.00 bits per heavy atom. The van der Waals surface area contributed by atoms with Crippen molar-refractivity contribution in [1.29, 1.82) is 0 Å². The zero-order chi connectivity index (χ0) is 12.5. The number of nitrogens with one attached hydrogen (secondary N) is 1. The fraction of sp³-hybridized carbons (Fsp3) is 0.375. The summed E-state index contributed by atoms with van der Waals surface area (Å²) in [5.41, 5.74) is 10.7. The molecule has 0 spiro atoms. The number of hydrogen-bond donors (Lipinski definition) is 2. The summed E-state index contributed by atoms with van der Waals surface area (Å²) in [6, 6.07) is 6.09. The zero-order valence-electron chi connectivity index (χ0n) is 10.9. The third-order valence-electron chi connectivity index (χ3n) is 4.15. The molecule has 0 amide bonds. The molecule has 94 valence electrons. The van der Waals surface area contributed by atoms with E-state index in [4.69, 9.17) is 5.73 Å². The highest BCUT2D eigenvalue weighted by atomic mass is 14.7. The molecule has 1 aromatic heterocycles.